The van der Waals surface area contributed by atoms with Gasteiger partial charge in [-0.15, -0.1) is 5.10 Å². The zero-order valence-corrected chi connectivity index (χ0v) is 10.2. The van der Waals surface area contributed by atoms with E-state index in [9.17, 15) is 4.79 Å². The molecule has 2 aromatic rings. The molecule has 1 heterocycles. The Morgan fingerprint density at radius 3 is 2.35 bits per heavy atom. The van der Waals surface area contributed by atoms with Crippen molar-refractivity contribution in [2.75, 3.05) is 14.2 Å². The Kier molecular flexibility index (Phi) is 3.34. The average Bonchev–Trinajstić information content (AvgIpc) is 2.90. The molecule has 0 spiro atoms. The summed E-state index contributed by atoms with van der Waals surface area (Å²) in [6.45, 7) is 0. The van der Waals surface area contributed by atoms with Crippen LogP contribution in [0.3, 0.4) is 0 Å². The normalized spacial score (nSPS) is 10.0. The van der Waals surface area contributed by atoms with Crippen LogP contribution in [0.5, 0.6) is 11.5 Å². The maximum Gasteiger partial charge on any atom is 0.213 e. The molecule has 0 amide bonds. The number of ketones is 1. The topological polar surface area (TPSA) is 61.3 Å². The Morgan fingerprint density at radius 2 is 1.88 bits per heavy atom. The van der Waals surface area contributed by atoms with Crippen LogP contribution in [0, 0.1) is 0 Å². The monoisotopic (exact) mass is 250 g/mol. The second kappa shape index (κ2) is 4.92. The summed E-state index contributed by atoms with van der Waals surface area (Å²) in [4.78, 5) is 12.7. The molecule has 88 valence electrons. The Labute approximate surface area is 102 Å². The van der Waals surface area contributed by atoms with Crippen LogP contribution in [0.4, 0.5) is 0 Å². The maximum atomic E-state index is 12.2. The van der Waals surface area contributed by atoms with Gasteiger partial charge in [0.1, 0.15) is 21.9 Å². The van der Waals surface area contributed by atoms with E-state index >= 15 is 0 Å². The number of hydrogen-bond donors (Lipinski definition) is 0. The first kappa shape index (κ1) is 11.5. The number of methoxy groups -OCH3 is 2. The molecule has 0 fully saturated rings. The van der Waals surface area contributed by atoms with Gasteiger partial charge in [-0.3, -0.25) is 4.79 Å². The summed E-state index contributed by atoms with van der Waals surface area (Å²) in [5.41, 5.74) is 0.392. The summed E-state index contributed by atoms with van der Waals surface area (Å²) in [5.74, 6) is 0.750. The van der Waals surface area contributed by atoms with Crippen LogP contribution >= 0.6 is 11.5 Å². The van der Waals surface area contributed by atoms with Gasteiger partial charge >= 0.3 is 0 Å². The standard InChI is InChI=1S/C11H10N2O3S/c1-15-7-4-3-5-8(16-2)10(7)11(14)9-6-12-13-17-9/h3-6H,1-2H3. The van der Waals surface area contributed by atoms with E-state index in [4.69, 9.17) is 9.47 Å². The first-order valence-corrected chi connectivity index (χ1v) is 5.58. The average molecular weight is 250 g/mol. The number of nitrogens with zero attached hydrogens (tertiary/aromatic N) is 2. The van der Waals surface area contributed by atoms with E-state index in [-0.39, 0.29) is 5.78 Å². The smallest absolute Gasteiger partial charge is 0.213 e. The van der Waals surface area contributed by atoms with Crippen molar-refractivity contribution >= 4 is 17.3 Å². The van der Waals surface area contributed by atoms with Crippen LogP contribution in [-0.2, 0) is 0 Å². The lowest BCUT2D eigenvalue weighted by Gasteiger charge is -2.10. The Morgan fingerprint density at radius 1 is 1.24 bits per heavy atom. The molecule has 5 nitrogen and oxygen atoms in total. The third-order valence-corrected chi connectivity index (χ3v) is 2.90. The van der Waals surface area contributed by atoms with Crippen molar-refractivity contribution in [1.29, 1.82) is 0 Å². The second-order valence-corrected chi connectivity index (χ2v) is 3.93. The highest BCUT2D eigenvalue weighted by Crippen LogP contribution is 2.30. The first-order valence-electron chi connectivity index (χ1n) is 4.81. The lowest BCUT2D eigenvalue weighted by molar-refractivity contribution is 0.103. The van der Waals surface area contributed by atoms with Crippen molar-refractivity contribution in [2.45, 2.75) is 0 Å². The minimum Gasteiger partial charge on any atom is -0.496 e. The molecule has 0 saturated heterocycles. The first-order chi connectivity index (χ1) is 8.27. The molecule has 6 heteroatoms. The molecular weight excluding hydrogens is 240 g/mol. The van der Waals surface area contributed by atoms with E-state index in [0.717, 1.165) is 11.5 Å². The van der Waals surface area contributed by atoms with Gasteiger partial charge in [0.2, 0.25) is 5.78 Å². The van der Waals surface area contributed by atoms with Crippen molar-refractivity contribution in [3.05, 3.63) is 34.8 Å². The Hall–Kier alpha value is -1.95. The number of carbonyl (C=O) groups is 1. The van der Waals surface area contributed by atoms with Crippen LogP contribution in [0.2, 0.25) is 0 Å². The minimum atomic E-state index is -0.200. The quantitative estimate of drug-likeness (QED) is 0.774. The summed E-state index contributed by atoms with van der Waals surface area (Å²) in [7, 11) is 3.02. The number of rotatable bonds is 4. The number of benzene rings is 1. The van der Waals surface area contributed by atoms with Gasteiger partial charge in [-0.25, -0.2) is 0 Å². The van der Waals surface area contributed by atoms with E-state index in [1.807, 2.05) is 0 Å². The van der Waals surface area contributed by atoms with Gasteiger partial charge in [0.15, 0.2) is 0 Å². The molecule has 2 rings (SSSR count). The third kappa shape index (κ3) is 2.12. The SMILES string of the molecule is COc1cccc(OC)c1C(=O)c1cnns1. The predicted octanol–water partition coefficient (Wildman–Crippen LogP) is 1.79. The van der Waals surface area contributed by atoms with Crippen LogP contribution < -0.4 is 9.47 Å². The number of hydrogen-bond acceptors (Lipinski definition) is 6. The van der Waals surface area contributed by atoms with Crippen LogP contribution in [0.25, 0.3) is 0 Å². The van der Waals surface area contributed by atoms with E-state index in [2.05, 4.69) is 9.59 Å². The summed E-state index contributed by atoms with van der Waals surface area (Å²) in [6.07, 6.45) is 1.43. The van der Waals surface area contributed by atoms with Gasteiger partial charge in [0, 0.05) is 0 Å². The van der Waals surface area contributed by atoms with Crippen molar-refractivity contribution in [2.24, 2.45) is 0 Å². The summed E-state index contributed by atoms with van der Waals surface area (Å²) >= 11 is 1.04. The van der Waals surface area contributed by atoms with Crippen molar-refractivity contribution in [3.63, 3.8) is 0 Å². The van der Waals surface area contributed by atoms with Crippen LogP contribution in [-0.4, -0.2) is 29.6 Å². The number of carbonyl (C=O) groups excluding carboxylic acids is 1. The second-order valence-electron chi connectivity index (χ2n) is 3.15. The molecule has 0 aliphatic rings. The highest BCUT2D eigenvalue weighted by molar-refractivity contribution is 7.08. The fourth-order valence-corrected chi connectivity index (χ4v) is 1.93. The van der Waals surface area contributed by atoms with E-state index < -0.39 is 0 Å². The van der Waals surface area contributed by atoms with Crippen molar-refractivity contribution in [1.82, 2.24) is 9.59 Å². The molecule has 0 N–H and O–H groups in total. The molecule has 0 aliphatic carbocycles. The Bertz CT molecular complexity index is 503. The molecule has 0 saturated carbocycles. The molecular formula is C11H10N2O3S. The third-order valence-electron chi connectivity index (χ3n) is 2.24. The molecule has 0 bridgehead atoms. The predicted molar refractivity (Wildman–Crippen MR) is 62.9 cm³/mol. The molecule has 0 unspecified atom stereocenters. The summed E-state index contributed by atoms with van der Waals surface area (Å²) < 4.78 is 14.0. The van der Waals surface area contributed by atoms with Crippen LogP contribution in [0.15, 0.2) is 24.4 Å². The minimum absolute atomic E-state index is 0.200. The van der Waals surface area contributed by atoms with Gasteiger partial charge in [0.05, 0.1) is 20.4 Å². The molecule has 0 atom stereocenters. The zero-order chi connectivity index (χ0) is 12.3. The van der Waals surface area contributed by atoms with Gasteiger partial charge in [-0.05, 0) is 23.7 Å². The van der Waals surface area contributed by atoms with E-state index in [1.165, 1.54) is 20.4 Å². The van der Waals surface area contributed by atoms with Crippen molar-refractivity contribution < 1.29 is 14.3 Å². The summed E-state index contributed by atoms with van der Waals surface area (Å²) in [6, 6.07) is 5.19. The van der Waals surface area contributed by atoms with E-state index in [1.54, 1.807) is 18.2 Å². The largest absolute Gasteiger partial charge is 0.496 e. The zero-order valence-electron chi connectivity index (χ0n) is 9.34. The molecule has 17 heavy (non-hydrogen) atoms. The lowest BCUT2D eigenvalue weighted by Crippen LogP contribution is -2.05. The lowest BCUT2D eigenvalue weighted by atomic mass is 10.1. The molecule has 1 aromatic carbocycles. The van der Waals surface area contributed by atoms with Gasteiger partial charge < -0.3 is 9.47 Å². The molecule has 0 radical (unpaired) electrons. The molecule has 0 aliphatic heterocycles. The Balaban J connectivity index is 2.53. The molecule has 1 aromatic heterocycles. The van der Waals surface area contributed by atoms with Gasteiger partial charge in [0.25, 0.3) is 0 Å². The summed E-state index contributed by atoms with van der Waals surface area (Å²) in [5, 5.41) is 3.65. The number of ether oxygens (including phenoxy) is 2. The maximum absolute atomic E-state index is 12.2. The van der Waals surface area contributed by atoms with Crippen molar-refractivity contribution in [3.8, 4) is 11.5 Å². The van der Waals surface area contributed by atoms with Gasteiger partial charge in [-0.2, -0.15) is 0 Å². The van der Waals surface area contributed by atoms with Gasteiger partial charge in [-0.1, -0.05) is 10.6 Å². The fraction of sp³-hybridized carbons (Fsp3) is 0.182. The fourth-order valence-electron chi connectivity index (χ4n) is 1.47. The number of aromatic nitrogens is 2. The van der Waals surface area contributed by atoms with Crippen LogP contribution in [0.1, 0.15) is 15.2 Å². The highest BCUT2D eigenvalue weighted by Gasteiger charge is 2.21. The highest BCUT2D eigenvalue weighted by atomic mass is 32.1. The van der Waals surface area contributed by atoms with E-state index in [0.29, 0.717) is 21.9 Å².